The fourth-order valence-corrected chi connectivity index (χ4v) is 2.66. The summed E-state index contributed by atoms with van der Waals surface area (Å²) in [6.45, 7) is 1.74. The van der Waals surface area contributed by atoms with Crippen molar-refractivity contribution in [2.24, 2.45) is 5.92 Å². The van der Waals surface area contributed by atoms with Gasteiger partial charge in [0.15, 0.2) is 0 Å². The number of benzene rings is 1. The van der Waals surface area contributed by atoms with Gasteiger partial charge in [0.1, 0.15) is 0 Å². The van der Waals surface area contributed by atoms with Crippen LogP contribution in [0, 0.1) is 5.92 Å². The van der Waals surface area contributed by atoms with E-state index in [9.17, 15) is 13.2 Å². The highest BCUT2D eigenvalue weighted by Gasteiger charge is 2.18. The molecule has 0 aliphatic heterocycles. The molecule has 0 amide bonds. The van der Waals surface area contributed by atoms with Crippen molar-refractivity contribution in [1.82, 2.24) is 4.72 Å². The first-order valence-electron chi connectivity index (χ1n) is 6.50. The highest BCUT2D eigenvalue weighted by Crippen LogP contribution is 2.11. The van der Waals surface area contributed by atoms with Gasteiger partial charge in [0.25, 0.3) is 0 Å². The zero-order chi connectivity index (χ0) is 15.9. The molecule has 1 unspecified atom stereocenters. The van der Waals surface area contributed by atoms with Crippen molar-refractivity contribution in [2.45, 2.75) is 19.8 Å². The summed E-state index contributed by atoms with van der Waals surface area (Å²) in [4.78, 5) is 11.0. The number of halogens is 1. The topological polar surface area (TPSA) is 83.5 Å². The Morgan fingerprint density at radius 3 is 2.52 bits per heavy atom. The SMILES string of the molecule is CCCC(CNS(=O)(=O)C=Cc1ccc(Cl)cc1)C(=O)O. The summed E-state index contributed by atoms with van der Waals surface area (Å²) in [7, 11) is -3.66. The third-order valence-electron chi connectivity index (χ3n) is 2.83. The highest BCUT2D eigenvalue weighted by atomic mass is 35.5. The Morgan fingerprint density at radius 1 is 1.38 bits per heavy atom. The zero-order valence-corrected chi connectivity index (χ0v) is 13.2. The predicted molar refractivity (Wildman–Crippen MR) is 83.4 cm³/mol. The Morgan fingerprint density at radius 2 is 2.00 bits per heavy atom. The molecule has 5 nitrogen and oxygen atoms in total. The Kier molecular flexibility index (Phi) is 6.87. The Balaban J connectivity index is 2.64. The van der Waals surface area contributed by atoms with Crippen LogP contribution in [0.25, 0.3) is 6.08 Å². The van der Waals surface area contributed by atoms with Crippen molar-refractivity contribution in [3.8, 4) is 0 Å². The van der Waals surface area contributed by atoms with Crippen LogP contribution in [0.15, 0.2) is 29.7 Å². The van der Waals surface area contributed by atoms with Gasteiger partial charge in [-0.2, -0.15) is 0 Å². The highest BCUT2D eigenvalue weighted by molar-refractivity contribution is 7.92. The first-order chi connectivity index (χ1) is 9.84. The van der Waals surface area contributed by atoms with Crippen molar-refractivity contribution in [1.29, 1.82) is 0 Å². The van der Waals surface area contributed by atoms with E-state index in [1.54, 1.807) is 24.3 Å². The molecule has 0 saturated heterocycles. The molecule has 0 spiro atoms. The lowest BCUT2D eigenvalue weighted by Gasteiger charge is -2.11. The van der Waals surface area contributed by atoms with Crippen LogP contribution in [0.2, 0.25) is 5.02 Å². The number of sulfonamides is 1. The normalized spacial score (nSPS) is 13.4. The van der Waals surface area contributed by atoms with E-state index in [1.807, 2.05) is 6.92 Å². The van der Waals surface area contributed by atoms with Gasteiger partial charge in [0.05, 0.1) is 5.92 Å². The first-order valence-corrected chi connectivity index (χ1v) is 8.42. The van der Waals surface area contributed by atoms with Crippen LogP contribution in [-0.4, -0.2) is 26.0 Å². The maximum absolute atomic E-state index is 11.8. The van der Waals surface area contributed by atoms with Crippen LogP contribution in [0.4, 0.5) is 0 Å². The number of carbonyl (C=O) groups is 1. The smallest absolute Gasteiger partial charge is 0.307 e. The van der Waals surface area contributed by atoms with Gasteiger partial charge in [-0.1, -0.05) is 37.1 Å². The lowest BCUT2D eigenvalue weighted by Crippen LogP contribution is -2.31. The van der Waals surface area contributed by atoms with E-state index in [-0.39, 0.29) is 6.54 Å². The lowest BCUT2D eigenvalue weighted by atomic mass is 10.1. The maximum atomic E-state index is 11.8. The largest absolute Gasteiger partial charge is 0.481 e. The van der Waals surface area contributed by atoms with Crippen molar-refractivity contribution in [3.05, 3.63) is 40.3 Å². The molecule has 0 radical (unpaired) electrons. The fourth-order valence-electron chi connectivity index (χ4n) is 1.67. The van der Waals surface area contributed by atoms with Crippen molar-refractivity contribution in [2.75, 3.05) is 6.54 Å². The second-order valence-electron chi connectivity index (χ2n) is 4.57. The number of hydrogen-bond donors (Lipinski definition) is 2. The number of hydrogen-bond acceptors (Lipinski definition) is 3. The van der Waals surface area contributed by atoms with E-state index in [2.05, 4.69) is 4.72 Å². The van der Waals surface area contributed by atoms with Gasteiger partial charge in [-0.25, -0.2) is 13.1 Å². The van der Waals surface area contributed by atoms with Gasteiger partial charge < -0.3 is 5.11 Å². The van der Waals surface area contributed by atoms with E-state index in [1.165, 1.54) is 6.08 Å². The van der Waals surface area contributed by atoms with Gasteiger partial charge >= 0.3 is 5.97 Å². The molecule has 0 heterocycles. The molecule has 1 atom stereocenters. The molecule has 0 aromatic heterocycles. The molecule has 1 rings (SSSR count). The minimum Gasteiger partial charge on any atom is -0.481 e. The van der Waals surface area contributed by atoms with Gasteiger partial charge in [-0.15, -0.1) is 0 Å². The number of carboxylic acids is 1. The van der Waals surface area contributed by atoms with Crippen LogP contribution >= 0.6 is 11.6 Å². The maximum Gasteiger partial charge on any atom is 0.307 e. The fraction of sp³-hybridized carbons (Fsp3) is 0.357. The third kappa shape index (κ3) is 6.75. The molecule has 0 aliphatic rings. The number of carboxylic acid groups (broad SMARTS) is 1. The van der Waals surface area contributed by atoms with Crippen LogP contribution in [0.3, 0.4) is 0 Å². The minimum atomic E-state index is -3.66. The molecule has 0 aliphatic carbocycles. The van der Waals surface area contributed by atoms with Gasteiger partial charge in [0, 0.05) is 17.0 Å². The molecule has 2 N–H and O–H groups in total. The van der Waals surface area contributed by atoms with Gasteiger partial charge in [-0.05, 0) is 30.2 Å². The van der Waals surface area contributed by atoms with E-state index < -0.39 is 21.9 Å². The summed E-state index contributed by atoms with van der Waals surface area (Å²) in [5.41, 5.74) is 0.688. The molecule has 0 saturated carbocycles. The van der Waals surface area contributed by atoms with Crippen LogP contribution in [0.5, 0.6) is 0 Å². The summed E-state index contributed by atoms with van der Waals surface area (Å²) in [6.07, 6.45) is 2.53. The third-order valence-corrected chi connectivity index (χ3v) is 4.14. The summed E-state index contributed by atoms with van der Waals surface area (Å²) >= 11 is 5.74. The quantitative estimate of drug-likeness (QED) is 0.767. The average molecular weight is 332 g/mol. The Hall–Kier alpha value is -1.37. The second kappa shape index (κ2) is 8.17. The molecule has 0 fully saturated rings. The zero-order valence-electron chi connectivity index (χ0n) is 11.6. The van der Waals surface area contributed by atoms with Crippen LogP contribution in [-0.2, 0) is 14.8 Å². The minimum absolute atomic E-state index is 0.115. The molecule has 1 aromatic rings. The molecule has 0 bridgehead atoms. The van der Waals surface area contributed by atoms with Crippen molar-refractivity contribution in [3.63, 3.8) is 0 Å². The molecular formula is C14H18ClNO4S. The standard InChI is InChI=1S/C14H18ClNO4S/c1-2-3-12(14(17)18)10-16-21(19,20)9-8-11-4-6-13(15)7-5-11/h4-9,12,16H,2-3,10H2,1H3,(H,17,18). The summed E-state index contributed by atoms with van der Waals surface area (Å²) in [5.74, 6) is -1.71. The van der Waals surface area contributed by atoms with E-state index in [4.69, 9.17) is 16.7 Å². The molecule has 21 heavy (non-hydrogen) atoms. The molecule has 1 aromatic carbocycles. The Labute approximate surface area is 129 Å². The number of rotatable bonds is 8. The molecular weight excluding hydrogens is 314 g/mol. The summed E-state index contributed by atoms with van der Waals surface area (Å²) in [5, 5.41) is 10.6. The molecule has 116 valence electrons. The molecule has 7 heteroatoms. The lowest BCUT2D eigenvalue weighted by molar-refractivity contribution is -0.141. The number of nitrogens with one attached hydrogen (secondary N) is 1. The predicted octanol–water partition coefficient (Wildman–Crippen LogP) is 2.73. The first kappa shape index (κ1) is 17.7. The van der Waals surface area contributed by atoms with E-state index >= 15 is 0 Å². The van der Waals surface area contributed by atoms with Crippen molar-refractivity contribution >= 4 is 33.7 Å². The van der Waals surface area contributed by atoms with Crippen molar-refractivity contribution < 1.29 is 18.3 Å². The van der Waals surface area contributed by atoms with E-state index in [0.717, 1.165) is 5.41 Å². The second-order valence-corrected chi connectivity index (χ2v) is 6.66. The average Bonchev–Trinajstić information content (AvgIpc) is 2.42. The van der Waals surface area contributed by atoms with Gasteiger partial charge in [0.2, 0.25) is 10.0 Å². The number of aliphatic carboxylic acids is 1. The summed E-state index contributed by atoms with van der Waals surface area (Å²) in [6, 6.07) is 6.68. The van der Waals surface area contributed by atoms with Crippen LogP contribution < -0.4 is 4.72 Å². The summed E-state index contributed by atoms with van der Waals surface area (Å²) < 4.78 is 25.9. The monoisotopic (exact) mass is 331 g/mol. The van der Waals surface area contributed by atoms with Gasteiger partial charge in [-0.3, -0.25) is 4.79 Å². The van der Waals surface area contributed by atoms with E-state index in [0.29, 0.717) is 23.4 Å². The Bertz CT molecular complexity index is 596. The van der Waals surface area contributed by atoms with Crippen LogP contribution in [0.1, 0.15) is 25.3 Å².